The number of carboxylic acid groups (broad SMARTS) is 1. The van der Waals surface area contributed by atoms with Crippen molar-refractivity contribution in [3.8, 4) is 0 Å². The first-order valence-electron chi connectivity index (χ1n) is 11.1. The van der Waals surface area contributed by atoms with Crippen molar-refractivity contribution in [1.82, 2.24) is 10.6 Å². The summed E-state index contributed by atoms with van der Waals surface area (Å²) < 4.78 is 0. The van der Waals surface area contributed by atoms with Crippen LogP contribution in [0, 0.1) is 5.92 Å². The Morgan fingerprint density at radius 2 is 1.73 bits per heavy atom. The molecule has 0 radical (unpaired) electrons. The SMILES string of the molecule is CCC(C)C(NC(=O)Cc1ccccc1)C(=O)NCC(=O)N1c2ccccc2C[C@H]1C(=O)O. The van der Waals surface area contributed by atoms with Crippen LogP contribution in [0.5, 0.6) is 0 Å². The fraction of sp³-hybridized carbons (Fsp3) is 0.360. The summed E-state index contributed by atoms with van der Waals surface area (Å²) in [5, 5.41) is 14.9. The van der Waals surface area contributed by atoms with Crippen molar-refractivity contribution in [3.63, 3.8) is 0 Å². The fourth-order valence-electron chi connectivity index (χ4n) is 3.96. The number of carbonyl (C=O) groups is 4. The number of carbonyl (C=O) groups excluding carboxylic acids is 3. The van der Waals surface area contributed by atoms with Gasteiger partial charge in [0.15, 0.2) is 0 Å². The third-order valence-corrected chi connectivity index (χ3v) is 5.96. The van der Waals surface area contributed by atoms with E-state index in [1.54, 1.807) is 24.3 Å². The molecule has 3 atom stereocenters. The minimum atomic E-state index is -1.10. The Morgan fingerprint density at radius 1 is 1.06 bits per heavy atom. The van der Waals surface area contributed by atoms with Crippen molar-refractivity contribution in [3.05, 3.63) is 65.7 Å². The van der Waals surface area contributed by atoms with Gasteiger partial charge in [0.1, 0.15) is 12.1 Å². The Morgan fingerprint density at radius 3 is 2.39 bits per heavy atom. The van der Waals surface area contributed by atoms with Gasteiger partial charge in [0, 0.05) is 12.1 Å². The average Bonchev–Trinajstić information content (AvgIpc) is 3.21. The van der Waals surface area contributed by atoms with Crippen molar-refractivity contribution in [1.29, 1.82) is 0 Å². The molecule has 174 valence electrons. The Balaban J connectivity index is 1.65. The second-order valence-corrected chi connectivity index (χ2v) is 8.26. The molecule has 3 amide bonds. The van der Waals surface area contributed by atoms with E-state index in [4.69, 9.17) is 0 Å². The van der Waals surface area contributed by atoms with Crippen LogP contribution >= 0.6 is 0 Å². The van der Waals surface area contributed by atoms with Gasteiger partial charge < -0.3 is 15.7 Å². The number of nitrogens with zero attached hydrogens (tertiary/aromatic N) is 1. The van der Waals surface area contributed by atoms with E-state index in [0.29, 0.717) is 12.1 Å². The molecule has 1 aliphatic rings. The van der Waals surface area contributed by atoms with Crippen LogP contribution in [0.2, 0.25) is 0 Å². The molecule has 0 fully saturated rings. The van der Waals surface area contributed by atoms with Crippen molar-refractivity contribution in [2.45, 2.75) is 45.2 Å². The van der Waals surface area contributed by atoms with E-state index in [0.717, 1.165) is 11.1 Å². The molecule has 1 aliphatic heterocycles. The lowest BCUT2D eigenvalue weighted by Crippen LogP contribution is -2.53. The van der Waals surface area contributed by atoms with Crippen LogP contribution in [-0.2, 0) is 32.0 Å². The van der Waals surface area contributed by atoms with E-state index < -0.39 is 29.9 Å². The van der Waals surface area contributed by atoms with Gasteiger partial charge in [-0.2, -0.15) is 0 Å². The van der Waals surface area contributed by atoms with E-state index in [1.165, 1.54) is 4.90 Å². The van der Waals surface area contributed by atoms with Gasteiger partial charge in [0.2, 0.25) is 17.7 Å². The molecule has 8 nitrogen and oxygen atoms in total. The van der Waals surface area contributed by atoms with Crippen molar-refractivity contribution >= 4 is 29.4 Å². The van der Waals surface area contributed by atoms with Crippen molar-refractivity contribution < 1.29 is 24.3 Å². The summed E-state index contributed by atoms with van der Waals surface area (Å²) in [5.41, 5.74) is 2.15. The first-order chi connectivity index (χ1) is 15.8. The smallest absolute Gasteiger partial charge is 0.327 e. The molecule has 2 unspecified atom stereocenters. The first kappa shape index (κ1) is 24.0. The van der Waals surface area contributed by atoms with Crippen LogP contribution in [0.15, 0.2) is 54.6 Å². The molecular weight excluding hydrogens is 422 g/mol. The van der Waals surface area contributed by atoms with Gasteiger partial charge in [-0.05, 0) is 23.1 Å². The highest BCUT2D eigenvalue weighted by Gasteiger charge is 2.38. The largest absolute Gasteiger partial charge is 0.480 e. The van der Waals surface area contributed by atoms with Crippen LogP contribution in [-0.4, -0.2) is 47.4 Å². The summed E-state index contributed by atoms with van der Waals surface area (Å²) in [6, 6.07) is 14.4. The number of fused-ring (bicyclic) bond motifs is 1. The molecule has 8 heteroatoms. The second kappa shape index (κ2) is 10.8. The monoisotopic (exact) mass is 451 g/mol. The predicted molar refractivity (Wildman–Crippen MR) is 124 cm³/mol. The number of nitrogens with one attached hydrogen (secondary N) is 2. The zero-order valence-corrected chi connectivity index (χ0v) is 18.8. The van der Waals surface area contributed by atoms with E-state index in [1.807, 2.05) is 44.2 Å². The summed E-state index contributed by atoms with van der Waals surface area (Å²) in [5.74, 6) is -2.53. The number of anilines is 1. The molecule has 0 aromatic heterocycles. The van der Waals surface area contributed by atoms with E-state index in [2.05, 4.69) is 10.6 Å². The molecule has 1 heterocycles. The summed E-state index contributed by atoms with van der Waals surface area (Å²) in [7, 11) is 0. The number of para-hydroxylation sites is 1. The zero-order valence-electron chi connectivity index (χ0n) is 18.8. The van der Waals surface area contributed by atoms with Crippen LogP contribution in [0.4, 0.5) is 5.69 Å². The maximum Gasteiger partial charge on any atom is 0.327 e. The molecule has 33 heavy (non-hydrogen) atoms. The second-order valence-electron chi connectivity index (χ2n) is 8.26. The highest BCUT2D eigenvalue weighted by atomic mass is 16.4. The lowest BCUT2D eigenvalue weighted by Gasteiger charge is -2.25. The number of rotatable bonds is 9. The number of hydrogen-bond donors (Lipinski definition) is 3. The van der Waals surface area contributed by atoms with Gasteiger partial charge in [0.25, 0.3) is 0 Å². The Labute approximate surface area is 193 Å². The molecular formula is C25H29N3O5. The number of benzene rings is 2. The van der Waals surface area contributed by atoms with Crippen molar-refractivity contribution in [2.24, 2.45) is 5.92 Å². The van der Waals surface area contributed by atoms with Crippen LogP contribution in [0.1, 0.15) is 31.4 Å². The third kappa shape index (κ3) is 5.77. The predicted octanol–water partition coefficient (Wildman–Crippen LogP) is 1.92. The summed E-state index contributed by atoms with van der Waals surface area (Å²) in [6.45, 7) is 3.41. The van der Waals surface area contributed by atoms with Gasteiger partial charge >= 0.3 is 5.97 Å². The summed E-state index contributed by atoms with van der Waals surface area (Å²) in [6.07, 6.45) is 1.01. The molecule has 3 N–H and O–H groups in total. The standard InChI is InChI=1S/C25H29N3O5/c1-3-16(2)23(27-21(29)13-17-9-5-4-6-10-17)24(31)26-15-22(30)28-19-12-8-7-11-18(19)14-20(28)25(32)33/h4-12,16,20,23H,3,13-15H2,1-2H3,(H,26,31)(H,27,29)(H,32,33)/t16?,20-,23?/m0/s1. The van der Waals surface area contributed by atoms with Gasteiger partial charge in [-0.25, -0.2) is 4.79 Å². The molecule has 3 rings (SSSR count). The number of carboxylic acids is 1. The van der Waals surface area contributed by atoms with Gasteiger partial charge in [0.05, 0.1) is 13.0 Å². The number of aliphatic carboxylic acids is 1. The third-order valence-electron chi connectivity index (χ3n) is 5.96. The fourth-order valence-corrected chi connectivity index (χ4v) is 3.96. The minimum Gasteiger partial charge on any atom is -0.480 e. The zero-order chi connectivity index (χ0) is 24.0. The van der Waals surface area contributed by atoms with Crippen LogP contribution < -0.4 is 15.5 Å². The molecule has 0 bridgehead atoms. The number of hydrogen-bond acceptors (Lipinski definition) is 4. The Kier molecular flexibility index (Phi) is 7.82. The average molecular weight is 452 g/mol. The quantitative estimate of drug-likeness (QED) is 0.539. The molecule has 0 spiro atoms. The maximum atomic E-state index is 12.9. The molecule has 2 aromatic carbocycles. The minimum absolute atomic E-state index is 0.144. The van der Waals surface area contributed by atoms with Crippen molar-refractivity contribution in [2.75, 3.05) is 11.4 Å². The Hall–Kier alpha value is -3.68. The molecule has 2 aromatic rings. The van der Waals surface area contributed by atoms with E-state index >= 15 is 0 Å². The van der Waals surface area contributed by atoms with Crippen LogP contribution in [0.3, 0.4) is 0 Å². The van der Waals surface area contributed by atoms with Crippen LogP contribution in [0.25, 0.3) is 0 Å². The van der Waals surface area contributed by atoms with E-state index in [9.17, 15) is 24.3 Å². The molecule has 0 saturated carbocycles. The highest BCUT2D eigenvalue weighted by molar-refractivity contribution is 6.04. The normalized spacial score (nSPS) is 16.4. The highest BCUT2D eigenvalue weighted by Crippen LogP contribution is 2.32. The van der Waals surface area contributed by atoms with Gasteiger partial charge in [-0.3, -0.25) is 19.3 Å². The van der Waals surface area contributed by atoms with Gasteiger partial charge in [-0.1, -0.05) is 68.8 Å². The van der Waals surface area contributed by atoms with E-state index in [-0.39, 0.29) is 31.2 Å². The lowest BCUT2D eigenvalue weighted by atomic mass is 9.98. The first-order valence-corrected chi connectivity index (χ1v) is 11.1. The maximum absolute atomic E-state index is 12.9. The summed E-state index contributed by atoms with van der Waals surface area (Å²) in [4.78, 5) is 51.3. The molecule has 0 aliphatic carbocycles. The molecule has 0 saturated heterocycles. The van der Waals surface area contributed by atoms with Gasteiger partial charge in [-0.15, -0.1) is 0 Å². The summed E-state index contributed by atoms with van der Waals surface area (Å²) >= 11 is 0. The lowest BCUT2D eigenvalue weighted by molar-refractivity contribution is -0.139. The number of amides is 3. The topological polar surface area (TPSA) is 116 Å². The Bertz CT molecular complexity index is 1020.